The van der Waals surface area contributed by atoms with E-state index >= 15 is 0 Å². The second-order valence-electron chi connectivity index (χ2n) is 7.27. The first-order valence-electron chi connectivity index (χ1n) is 8.65. The van der Waals surface area contributed by atoms with Crippen LogP contribution in [0, 0.1) is 22.0 Å². The third-order valence-corrected chi connectivity index (χ3v) is 6.02. The topological polar surface area (TPSA) is 75.6 Å². The number of piperazine rings is 1. The molecule has 1 aromatic rings. The predicted octanol–water partition coefficient (Wildman–Crippen LogP) is 2.49. The lowest BCUT2D eigenvalue weighted by atomic mass is 9.93. The average molecular weight is 316 g/mol. The molecule has 0 spiro atoms. The molecule has 6 nitrogen and oxygen atoms in total. The normalized spacial score (nSPS) is 30.8. The zero-order valence-electron chi connectivity index (χ0n) is 13.4. The molecule has 1 heterocycles. The number of nitrogen functional groups attached to an aromatic ring is 1. The summed E-state index contributed by atoms with van der Waals surface area (Å²) < 4.78 is 0. The zero-order valence-corrected chi connectivity index (χ0v) is 13.4. The average Bonchev–Trinajstić information content (AvgIpc) is 3.18. The van der Waals surface area contributed by atoms with Gasteiger partial charge in [0.15, 0.2) is 0 Å². The number of nitrogens with two attached hydrogens (primary N) is 1. The highest BCUT2D eigenvalue weighted by atomic mass is 16.6. The van der Waals surface area contributed by atoms with Crippen LogP contribution >= 0.6 is 0 Å². The molecule has 1 saturated heterocycles. The van der Waals surface area contributed by atoms with Gasteiger partial charge in [-0.3, -0.25) is 15.0 Å². The van der Waals surface area contributed by atoms with Crippen LogP contribution in [0.1, 0.15) is 25.7 Å². The highest BCUT2D eigenvalue weighted by molar-refractivity contribution is 5.68. The largest absolute Gasteiger partial charge is 0.399 e. The number of fused-ring (bicyclic) bond motifs is 2. The lowest BCUT2D eigenvalue weighted by Crippen LogP contribution is -2.51. The second-order valence-corrected chi connectivity index (χ2v) is 7.27. The Morgan fingerprint density at radius 1 is 1.13 bits per heavy atom. The summed E-state index contributed by atoms with van der Waals surface area (Å²) in [6.45, 7) is 3.69. The van der Waals surface area contributed by atoms with Gasteiger partial charge < -0.3 is 10.6 Å². The molecule has 0 radical (unpaired) electrons. The minimum absolute atomic E-state index is 0.160. The van der Waals surface area contributed by atoms with E-state index in [0.717, 1.165) is 44.1 Å². The Bertz CT molecular complexity index is 613. The maximum Gasteiger partial charge on any atom is 0.292 e. The van der Waals surface area contributed by atoms with Crippen molar-refractivity contribution in [3.63, 3.8) is 0 Å². The molecule has 1 aromatic carbocycles. The minimum atomic E-state index is -0.308. The molecule has 4 rings (SSSR count). The van der Waals surface area contributed by atoms with E-state index in [9.17, 15) is 10.1 Å². The van der Waals surface area contributed by atoms with E-state index in [1.54, 1.807) is 12.1 Å². The van der Waals surface area contributed by atoms with Gasteiger partial charge >= 0.3 is 0 Å². The summed E-state index contributed by atoms with van der Waals surface area (Å²) in [4.78, 5) is 15.7. The molecule has 1 aliphatic heterocycles. The lowest BCUT2D eigenvalue weighted by Gasteiger charge is -2.41. The van der Waals surface area contributed by atoms with Crippen LogP contribution in [-0.2, 0) is 0 Å². The molecule has 0 aromatic heterocycles. The maximum absolute atomic E-state index is 11.3. The van der Waals surface area contributed by atoms with E-state index < -0.39 is 0 Å². The van der Waals surface area contributed by atoms with E-state index in [1.807, 2.05) is 0 Å². The molecule has 124 valence electrons. The molecule has 23 heavy (non-hydrogen) atoms. The Hall–Kier alpha value is -1.82. The van der Waals surface area contributed by atoms with Crippen molar-refractivity contribution in [2.75, 3.05) is 36.8 Å². The first-order valence-corrected chi connectivity index (χ1v) is 8.65. The summed E-state index contributed by atoms with van der Waals surface area (Å²) >= 11 is 0. The first kappa shape index (κ1) is 14.8. The van der Waals surface area contributed by atoms with Crippen LogP contribution in [0.4, 0.5) is 17.1 Å². The molecular weight excluding hydrogens is 292 g/mol. The van der Waals surface area contributed by atoms with Gasteiger partial charge in [0, 0.05) is 44.0 Å². The van der Waals surface area contributed by atoms with Crippen molar-refractivity contribution in [2.24, 2.45) is 11.8 Å². The number of hydrogen-bond acceptors (Lipinski definition) is 5. The molecule has 3 fully saturated rings. The molecule has 2 N–H and O–H groups in total. The van der Waals surface area contributed by atoms with Gasteiger partial charge in [-0.25, -0.2) is 0 Å². The van der Waals surface area contributed by atoms with Crippen LogP contribution in [-0.4, -0.2) is 42.0 Å². The second kappa shape index (κ2) is 5.67. The van der Waals surface area contributed by atoms with Crippen LogP contribution in [0.5, 0.6) is 0 Å². The standard InChI is InChI=1S/C17H24N4O2/c18-14-3-4-15(21(22)23)17(11-14)20-7-5-19(6-8-20)16-10-12-1-2-13(16)9-12/h3-4,11-13,16H,1-2,5-10,18H2. The smallest absolute Gasteiger partial charge is 0.292 e. The van der Waals surface area contributed by atoms with Crippen LogP contribution in [0.15, 0.2) is 18.2 Å². The van der Waals surface area contributed by atoms with Crippen molar-refractivity contribution in [1.82, 2.24) is 4.90 Å². The fourth-order valence-electron chi connectivity index (χ4n) is 4.90. The van der Waals surface area contributed by atoms with E-state index in [2.05, 4.69) is 9.80 Å². The van der Waals surface area contributed by atoms with Crippen molar-refractivity contribution < 1.29 is 4.92 Å². The Morgan fingerprint density at radius 3 is 2.52 bits per heavy atom. The van der Waals surface area contributed by atoms with Gasteiger partial charge in [-0.05, 0) is 43.2 Å². The third kappa shape index (κ3) is 2.65. The number of benzene rings is 1. The summed E-state index contributed by atoms with van der Waals surface area (Å²) in [5, 5.41) is 11.3. The molecular formula is C17H24N4O2. The molecule has 0 amide bonds. The number of nitro groups is 1. The van der Waals surface area contributed by atoms with Gasteiger partial charge in [0.25, 0.3) is 5.69 Å². The highest BCUT2D eigenvalue weighted by Gasteiger charge is 2.42. The summed E-state index contributed by atoms with van der Waals surface area (Å²) in [5.74, 6) is 1.85. The predicted molar refractivity (Wildman–Crippen MR) is 90.5 cm³/mol. The van der Waals surface area contributed by atoms with Crippen molar-refractivity contribution in [3.8, 4) is 0 Å². The van der Waals surface area contributed by atoms with Crippen molar-refractivity contribution in [1.29, 1.82) is 0 Å². The number of nitrogens with zero attached hydrogens (tertiary/aromatic N) is 3. The van der Waals surface area contributed by atoms with E-state index in [-0.39, 0.29) is 10.6 Å². The van der Waals surface area contributed by atoms with Gasteiger partial charge in [0.05, 0.1) is 4.92 Å². The molecule has 3 unspecified atom stereocenters. The quantitative estimate of drug-likeness (QED) is 0.527. The van der Waals surface area contributed by atoms with Gasteiger partial charge in [-0.1, -0.05) is 6.42 Å². The van der Waals surface area contributed by atoms with E-state index in [4.69, 9.17) is 5.73 Å². The van der Waals surface area contributed by atoms with E-state index in [0.29, 0.717) is 11.4 Å². The fourth-order valence-corrected chi connectivity index (χ4v) is 4.90. The monoisotopic (exact) mass is 316 g/mol. The molecule has 3 atom stereocenters. The Balaban J connectivity index is 1.46. The molecule has 6 heteroatoms. The highest BCUT2D eigenvalue weighted by Crippen LogP contribution is 2.46. The molecule has 2 saturated carbocycles. The van der Waals surface area contributed by atoms with Crippen molar-refractivity contribution in [2.45, 2.75) is 31.7 Å². The third-order valence-electron chi connectivity index (χ3n) is 6.02. The number of nitro benzene ring substituents is 1. The summed E-state index contributed by atoms with van der Waals surface area (Å²) in [6.07, 6.45) is 5.61. The maximum atomic E-state index is 11.3. The van der Waals surface area contributed by atoms with Crippen molar-refractivity contribution >= 4 is 17.1 Å². The van der Waals surface area contributed by atoms with Crippen LogP contribution < -0.4 is 10.6 Å². The number of hydrogen-bond donors (Lipinski definition) is 1. The van der Waals surface area contributed by atoms with E-state index in [1.165, 1.54) is 31.7 Å². The van der Waals surface area contributed by atoms with Gasteiger partial charge in [0.1, 0.15) is 5.69 Å². The van der Waals surface area contributed by atoms with Crippen LogP contribution in [0.25, 0.3) is 0 Å². The SMILES string of the molecule is Nc1ccc([N+](=O)[O-])c(N2CCN(C3CC4CCC3C4)CC2)c1. The van der Waals surface area contributed by atoms with Gasteiger partial charge in [0.2, 0.25) is 0 Å². The minimum Gasteiger partial charge on any atom is -0.399 e. The molecule has 2 aliphatic carbocycles. The Kier molecular flexibility index (Phi) is 3.64. The zero-order chi connectivity index (χ0) is 16.0. The number of anilines is 2. The van der Waals surface area contributed by atoms with Gasteiger partial charge in [-0.2, -0.15) is 0 Å². The van der Waals surface area contributed by atoms with Crippen LogP contribution in [0.2, 0.25) is 0 Å². The Morgan fingerprint density at radius 2 is 1.91 bits per heavy atom. The van der Waals surface area contributed by atoms with Crippen molar-refractivity contribution in [3.05, 3.63) is 28.3 Å². The molecule has 3 aliphatic rings. The summed E-state index contributed by atoms with van der Waals surface area (Å²) in [6, 6.07) is 5.62. The number of rotatable bonds is 3. The summed E-state index contributed by atoms with van der Waals surface area (Å²) in [7, 11) is 0. The first-order chi connectivity index (χ1) is 11.1. The Labute approximate surface area is 136 Å². The fraction of sp³-hybridized carbons (Fsp3) is 0.647. The van der Waals surface area contributed by atoms with Gasteiger partial charge in [-0.15, -0.1) is 0 Å². The van der Waals surface area contributed by atoms with Crippen LogP contribution in [0.3, 0.4) is 0 Å². The summed E-state index contributed by atoms with van der Waals surface area (Å²) in [5.41, 5.74) is 7.26. The lowest BCUT2D eigenvalue weighted by molar-refractivity contribution is -0.384. The molecule has 2 bridgehead atoms.